The third-order valence-corrected chi connectivity index (χ3v) is 4.32. The normalized spacial score (nSPS) is 10.4. The van der Waals surface area contributed by atoms with E-state index >= 15 is 0 Å². The summed E-state index contributed by atoms with van der Waals surface area (Å²) in [5.74, 6) is 0.484. The second-order valence-electron chi connectivity index (χ2n) is 4.71. The predicted molar refractivity (Wildman–Crippen MR) is 86.1 cm³/mol. The first-order valence-electron chi connectivity index (χ1n) is 7.02. The Hall–Kier alpha value is -1.43. The van der Waals surface area contributed by atoms with Gasteiger partial charge >= 0.3 is 0 Å². The highest BCUT2D eigenvalue weighted by Gasteiger charge is 2.23. The molecule has 0 radical (unpaired) electrons. The van der Waals surface area contributed by atoms with Gasteiger partial charge in [-0.1, -0.05) is 20.3 Å². The van der Waals surface area contributed by atoms with E-state index in [1.165, 1.54) is 11.3 Å². The minimum absolute atomic E-state index is 0.122. The van der Waals surface area contributed by atoms with Crippen molar-refractivity contribution in [1.82, 2.24) is 5.32 Å². The summed E-state index contributed by atoms with van der Waals surface area (Å²) in [5, 5.41) is 3.77. The Bertz CT molecular complexity index is 446. The summed E-state index contributed by atoms with van der Waals surface area (Å²) < 4.78 is 5.38. The van der Waals surface area contributed by atoms with Gasteiger partial charge in [0.25, 0.3) is 5.91 Å². The number of amides is 1. The van der Waals surface area contributed by atoms with Crippen molar-refractivity contribution in [3.05, 3.63) is 4.88 Å². The molecule has 6 heteroatoms. The van der Waals surface area contributed by atoms with Crippen molar-refractivity contribution in [2.24, 2.45) is 0 Å². The largest absolute Gasteiger partial charge is 0.492 e. The lowest BCUT2D eigenvalue weighted by Gasteiger charge is -2.18. The Labute approximate surface area is 125 Å². The monoisotopic (exact) mass is 299 g/mol. The number of ether oxygens (including phenoxy) is 1. The number of nitrogens with two attached hydrogens (primary N) is 1. The van der Waals surface area contributed by atoms with Crippen LogP contribution in [0.1, 0.15) is 42.8 Å². The first-order chi connectivity index (χ1) is 9.56. The first kappa shape index (κ1) is 16.6. The van der Waals surface area contributed by atoms with Crippen molar-refractivity contribution < 1.29 is 9.53 Å². The zero-order valence-electron chi connectivity index (χ0n) is 12.8. The molecule has 0 aliphatic carbocycles. The molecule has 1 aromatic rings. The van der Waals surface area contributed by atoms with E-state index in [1.807, 2.05) is 14.0 Å². The smallest absolute Gasteiger partial charge is 0.263 e. The van der Waals surface area contributed by atoms with E-state index < -0.39 is 0 Å². The molecule has 3 N–H and O–H groups in total. The highest BCUT2D eigenvalue weighted by atomic mass is 32.1. The van der Waals surface area contributed by atoms with Crippen molar-refractivity contribution >= 4 is 27.9 Å². The second-order valence-corrected chi connectivity index (χ2v) is 5.71. The van der Waals surface area contributed by atoms with Crippen molar-refractivity contribution in [3.8, 4) is 5.75 Å². The zero-order chi connectivity index (χ0) is 15.1. The summed E-state index contributed by atoms with van der Waals surface area (Å²) in [6.07, 6.45) is 3.11. The summed E-state index contributed by atoms with van der Waals surface area (Å²) in [4.78, 5) is 14.7. The van der Waals surface area contributed by atoms with E-state index in [2.05, 4.69) is 17.1 Å². The SMILES string of the molecule is CCCCN(C)c1sc(C(=O)NCCC)c(N)c1OC. The number of hydrogen-bond acceptors (Lipinski definition) is 5. The van der Waals surface area contributed by atoms with Gasteiger partial charge in [-0.25, -0.2) is 0 Å². The lowest BCUT2D eigenvalue weighted by atomic mass is 10.3. The maximum Gasteiger partial charge on any atom is 0.263 e. The number of carbonyl (C=O) groups excluding carboxylic acids is 1. The Morgan fingerprint density at radius 1 is 1.40 bits per heavy atom. The van der Waals surface area contributed by atoms with Gasteiger partial charge in [-0.05, 0) is 12.8 Å². The van der Waals surface area contributed by atoms with Gasteiger partial charge in [0.2, 0.25) is 0 Å². The molecule has 0 bridgehead atoms. The fourth-order valence-corrected chi connectivity index (χ4v) is 2.94. The molecule has 0 aliphatic heterocycles. The Balaban J connectivity index is 2.98. The van der Waals surface area contributed by atoms with E-state index in [1.54, 1.807) is 7.11 Å². The van der Waals surface area contributed by atoms with Gasteiger partial charge < -0.3 is 20.7 Å². The lowest BCUT2D eigenvalue weighted by molar-refractivity contribution is 0.0958. The predicted octanol–water partition coefficient (Wildman–Crippen LogP) is 2.72. The minimum Gasteiger partial charge on any atom is -0.492 e. The molecule has 0 saturated carbocycles. The molecule has 1 aromatic heterocycles. The molecular formula is C14H25N3O2S. The van der Waals surface area contributed by atoms with Crippen LogP contribution in [0.5, 0.6) is 5.75 Å². The number of rotatable bonds is 8. The number of nitrogen functional groups attached to an aromatic ring is 1. The number of nitrogens with one attached hydrogen (secondary N) is 1. The van der Waals surface area contributed by atoms with Gasteiger partial charge in [-0.15, -0.1) is 11.3 Å². The first-order valence-corrected chi connectivity index (χ1v) is 7.83. The van der Waals surface area contributed by atoms with Gasteiger partial charge in [0.15, 0.2) is 5.75 Å². The van der Waals surface area contributed by atoms with Crippen LogP contribution >= 0.6 is 11.3 Å². The van der Waals surface area contributed by atoms with Crippen LogP contribution in [-0.4, -0.2) is 33.2 Å². The summed E-state index contributed by atoms with van der Waals surface area (Å²) in [6, 6.07) is 0. The maximum atomic E-state index is 12.1. The fourth-order valence-electron chi connectivity index (χ4n) is 1.85. The van der Waals surface area contributed by atoms with Crippen molar-refractivity contribution in [1.29, 1.82) is 0 Å². The lowest BCUT2D eigenvalue weighted by Crippen LogP contribution is -2.23. The quantitative estimate of drug-likeness (QED) is 0.774. The molecule has 0 spiro atoms. The molecule has 5 nitrogen and oxygen atoms in total. The second kappa shape index (κ2) is 7.99. The van der Waals surface area contributed by atoms with Crippen LogP contribution in [0, 0.1) is 0 Å². The molecule has 114 valence electrons. The van der Waals surface area contributed by atoms with Crippen LogP contribution in [0.25, 0.3) is 0 Å². The molecule has 20 heavy (non-hydrogen) atoms. The third kappa shape index (κ3) is 3.79. The van der Waals surface area contributed by atoms with Crippen LogP contribution < -0.4 is 20.7 Å². The van der Waals surface area contributed by atoms with E-state index in [4.69, 9.17) is 10.5 Å². The number of hydrogen-bond donors (Lipinski definition) is 2. The number of methoxy groups -OCH3 is 1. The average Bonchev–Trinajstić information content (AvgIpc) is 2.79. The number of unbranched alkanes of at least 4 members (excludes halogenated alkanes) is 1. The van der Waals surface area contributed by atoms with Gasteiger partial charge in [0, 0.05) is 20.1 Å². The molecule has 0 unspecified atom stereocenters. The number of carbonyl (C=O) groups is 1. The van der Waals surface area contributed by atoms with Crippen LogP contribution in [0.15, 0.2) is 0 Å². The highest BCUT2D eigenvalue weighted by Crippen LogP contribution is 2.44. The van der Waals surface area contributed by atoms with Crippen molar-refractivity contribution in [2.45, 2.75) is 33.1 Å². The van der Waals surface area contributed by atoms with Crippen LogP contribution in [0.2, 0.25) is 0 Å². The van der Waals surface area contributed by atoms with Gasteiger partial charge in [-0.2, -0.15) is 0 Å². The van der Waals surface area contributed by atoms with Crippen LogP contribution in [-0.2, 0) is 0 Å². The van der Waals surface area contributed by atoms with E-state index in [9.17, 15) is 4.79 Å². The molecule has 0 saturated heterocycles. The minimum atomic E-state index is -0.122. The Kier molecular flexibility index (Phi) is 6.64. The summed E-state index contributed by atoms with van der Waals surface area (Å²) >= 11 is 1.39. The number of nitrogens with zero attached hydrogens (tertiary/aromatic N) is 1. The molecule has 0 atom stereocenters. The molecule has 1 heterocycles. The van der Waals surface area contributed by atoms with E-state index in [0.717, 1.165) is 30.8 Å². The van der Waals surface area contributed by atoms with Gasteiger partial charge in [0.1, 0.15) is 15.6 Å². The van der Waals surface area contributed by atoms with Crippen LogP contribution in [0.4, 0.5) is 10.7 Å². The molecule has 0 aliphatic rings. The number of thiophene rings is 1. The summed E-state index contributed by atoms with van der Waals surface area (Å²) in [6.45, 7) is 5.74. The maximum absolute atomic E-state index is 12.1. The molecule has 1 amide bonds. The Morgan fingerprint density at radius 2 is 2.10 bits per heavy atom. The van der Waals surface area contributed by atoms with Crippen molar-refractivity contribution in [3.63, 3.8) is 0 Å². The Morgan fingerprint density at radius 3 is 2.65 bits per heavy atom. The third-order valence-electron chi connectivity index (χ3n) is 3.02. The molecule has 0 fully saturated rings. The highest BCUT2D eigenvalue weighted by molar-refractivity contribution is 7.19. The van der Waals surface area contributed by atoms with Gasteiger partial charge in [0.05, 0.1) is 7.11 Å². The molecule has 1 rings (SSSR count). The average molecular weight is 299 g/mol. The summed E-state index contributed by atoms with van der Waals surface area (Å²) in [7, 11) is 3.58. The standard InChI is InChI=1S/C14H25N3O2S/c1-5-7-9-17(3)14-11(19-4)10(15)12(20-14)13(18)16-8-6-2/h5-9,15H2,1-4H3,(H,16,18). The molecule has 0 aromatic carbocycles. The topological polar surface area (TPSA) is 67.6 Å². The zero-order valence-corrected chi connectivity index (χ0v) is 13.6. The number of anilines is 2. The van der Waals surface area contributed by atoms with Crippen molar-refractivity contribution in [2.75, 3.05) is 37.9 Å². The summed E-state index contributed by atoms with van der Waals surface area (Å²) in [5.41, 5.74) is 6.49. The van der Waals surface area contributed by atoms with Crippen LogP contribution in [0.3, 0.4) is 0 Å². The van der Waals surface area contributed by atoms with E-state index in [-0.39, 0.29) is 5.91 Å². The molecular weight excluding hydrogens is 274 g/mol. The van der Waals surface area contributed by atoms with E-state index in [0.29, 0.717) is 22.9 Å². The fraction of sp³-hybridized carbons (Fsp3) is 0.643. The van der Waals surface area contributed by atoms with Gasteiger partial charge in [-0.3, -0.25) is 4.79 Å².